The van der Waals surface area contributed by atoms with Gasteiger partial charge in [0.05, 0.1) is 17.4 Å². The minimum atomic E-state index is -1.07. The van der Waals surface area contributed by atoms with Crippen LogP contribution in [0.5, 0.6) is 0 Å². The van der Waals surface area contributed by atoms with Gasteiger partial charge >= 0.3 is 6.09 Å². The molecule has 2 aromatic carbocycles. The quantitative estimate of drug-likeness (QED) is 0.613. The Bertz CT molecular complexity index is 824. The van der Waals surface area contributed by atoms with Crippen molar-refractivity contribution in [1.82, 2.24) is 15.3 Å². The molecule has 5 heteroatoms. The van der Waals surface area contributed by atoms with Crippen LogP contribution >= 0.6 is 0 Å². The van der Waals surface area contributed by atoms with Crippen molar-refractivity contribution < 1.29 is 9.90 Å². The highest BCUT2D eigenvalue weighted by atomic mass is 16.4. The lowest BCUT2D eigenvalue weighted by atomic mass is 9.86. The number of nitrogens with one attached hydrogen (secondary N) is 2. The van der Waals surface area contributed by atoms with Crippen LogP contribution in [0.3, 0.4) is 0 Å². The van der Waals surface area contributed by atoms with Crippen LogP contribution in [0.15, 0.2) is 60.7 Å². The van der Waals surface area contributed by atoms with E-state index in [-0.39, 0.29) is 5.41 Å². The van der Waals surface area contributed by atoms with Gasteiger partial charge in [-0.3, -0.25) is 0 Å². The van der Waals surface area contributed by atoms with Gasteiger partial charge < -0.3 is 15.4 Å². The molecule has 1 unspecified atom stereocenters. The number of aromatic amines is 1. The van der Waals surface area contributed by atoms with Crippen molar-refractivity contribution in [2.24, 2.45) is 5.41 Å². The summed E-state index contributed by atoms with van der Waals surface area (Å²) in [6, 6.07) is 19.4. The van der Waals surface area contributed by atoms with E-state index in [4.69, 9.17) is 4.98 Å². The molecule has 0 fully saturated rings. The molecular weight excluding hydrogens is 326 g/mol. The average Bonchev–Trinajstić information content (AvgIpc) is 3.05. The van der Waals surface area contributed by atoms with E-state index in [1.807, 2.05) is 81.4 Å². The van der Waals surface area contributed by atoms with Gasteiger partial charge in [-0.15, -0.1) is 0 Å². The van der Waals surface area contributed by atoms with Gasteiger partial charge in [-0.1, -0.05) is 81.4 Å². The standard InChI is InChI=1S/C21H23N3O2/c1-21(2,3)18(24-20(25)26)19-22-16(14-10-6-4-7-11-14)17(23-19)15-12-8-5-9-13-15/h4-13,18,24H,1-3H3,(H,22,23)(H,25,26). The molecule has 3 rings (SSSR count). The van der Waals surface area contributed by atoms with E-state index in [2.05, 4.69) is 10.3 Å². The molecule has 0 radical (unpaired) electrons. The van der Waals surface area contributed by atoms with Crippen LogP contribution in [0.25, 0.3) is 22.5 Å². The third kappa shape index (κ3) is 3.77. The van der Waals surface area contributed by atoms with Crippen LogP contribution < -0.4 is 5.32 Å². The number of rotatable bonds is 4. The number of aromatic nitrogens is 2. The van der Waals surface area contributed by atoms with Crippen LogP contribution in [-0.2, 0) is 0 Å². The first-order valence-corrected chi connectivity index (χ1v) is 8.56. The molecule has 26 heavy (non-hydrogen) atoms. The minimum absolute atomic E-state index is 0.335. The summed E-state index contributed by atoms with van der Waals surface area (Å²) in [7, 11) is 0. The van der Waals surface area contributed by atoms with Gasteiger partial charge in [-0.2, -0.15) is 0 Å². The molecule has 0 bridgehead atoms. The molecule has 0 aliphatic carbocycles. The first kappa shape index (κ1) is 17.7. The number of amides is 1. The van der Waals surface area contributed by atoms with Crippen LogP contribution in [0, 0.1) is 5.41 Å². The van der Waals surface area contributed by atoms with Gasteiger partial charge in [-0.25, -0.2) is 9.78 Å². The summed E-state index contributed by atoms with van der Waals surface area (Å²) in [6.07, 6.45) is -1.07. The van der Waals surface area contributed by atoms with E-state index in [1.54, 1.807) is 0 Å². The Kier molecular flexibility index (Phi) is 4.80. The number of carbonyl (C=O) groups is 1. The highest BCUT2D eigenvalue weighted by Gasteiger charge is 2.31. The molecule has 3 aromatic rings. The van der Waals surface area contributed by atoms with E-state index >= 15 is 0 Å². The number of imidazole rings is 1. The fourth-order valence-corrected chi connectivity index (χ4v) is 2.97. The summed E-state index contributed by atoms with van der Waals surface area (Å²) in [5.41, 5.74) is 3.35. The zero-order valence-corrected chi connectivity index (χ0v) is 15.2. The Morgan fingerprint density at radius 2 is 1.54 bits per heavy atom. The molecule has 0 saturated heterocycles. The molecule has 1 heterocycles. The molecule has 0 spiro atoms. The lowest BCUT2D eigenvalue weighted by Crippen LogP contribution is -2.36. The molecule has 0 aliphatic heterocycles. The van der Waals surface area contributed by atoms with Gasteiger partial charge in [0.15, 0.2) is 0 Å². The fourth-order valence-electron chi connectivity index (χ4n) is 2.97. The monoisotopic (exact) mass is 349 g/mol. The van der Waals surface area contributed by atoms with E-state index in [9.17, 15) is 9.90 Å². The largest absolute Gasteiger partial charge is 0.465 e. The first-order chi connectivity index (χ1) is 12.4. The highest BCUT2D eigenvalue weighted by molar-refractivity contribution is 5.78. The van der Waals surface area contributed by atoms with Crippen LogP contribution in [0.4, 0.5) is 4.79 Å². The van der Waals surface area contributed by atoms with Crippen LogP contribution in [0.1, 0.15) is 32.6 Å². The number of H-pyrrole nitrogens is 1. The minimum Gasteiger partial charge on any atom is -0.465 e. The van der Waals surface area contributed by atoms with Gasteiger partial charge in [-0.05, 0) is 5.41 Å². The maximum absolute atomic E-state index is 11.3. The number of nitrogens with zero attached hydrogens (tertiary/aromatic N) is 1. The van der Waals surface area contributed by atoms with Crippen molar-refractivity contribution in [3.63, 3.8) is 0 Å². The Balaban J connectivity index is 2.16. The van der Waals surface area contributed by atoms with E-state index in [0.29, 0.717) is 5.82 Å². The van der Waals surface area contributed by atoms with Gasteiger partial charge in [0.1, 0.15) is 5.82 Å². The summed E-state index contributed by atoms with van der Waals surface area (Å²) in [5, 5.41) is 11.9. The summed E-state index contributed by atoms with van der Waals surface area (Å²) >= 11 is 0. The van der Waals surface area contributed by atoms with Gasteiger partial charge in [0, 0.05) is 11.1 Å². The summed E-state index contributed by atoms with van der Waals surface area (Å²) in [5.74, 6) is 0.609. The number of carboxylic acid groups (broad SMARTS) is 1. The van der Waals surface area contributed by atoms with E-state index in [1.165, 1.54) is 0 Å². The Morgan fingerprint density at radius 1 is 1.00 bits per heavy atom. The molecule has 1 aromatic heterocycles. The Labute approximate surface area is 153 Å². The Morgan fingerprint density at radius 3 is 2.04 bits per heavy atom. The molecule has 5 nitrogen and oxygen atoms in total. The topological polar surface area (TPSA) is 78.0 Å². The van der Waals surface area contributed by atoms with E-state index in [0.717, 1.165) is 22.5 Å². The highest BCUT2D eigenvalue weighted by Crippen LogP contribution is 2.36. The van der Waals surface area contributed by atoms with E-state index < -0.39 is 12.1 Å². The second-order valence-electron chi connectivity index (χ2n) is 7.33. The lowest BCUT2D eigenvalue weighted by Gasteiger charge is -2.28. The van der Waals surface area contributed by atoms with Crippen molar-refractivity contribution in [1.29, 1.82) is 0 Å². The Hall–Kier alpha value is -3.08. The molecule has 1 atom stereocenters. The van der Waals surface area contributed by atoms with Crippen molar-refractivity contribution in [2.45, 2.75) is 26.8 Å². The predicted molar refractivity (Wildman–Crippen MR) is 103 cm³/mol. The average molecular weight is 349 g/mol. The van der Waals surface area contributed by atoms with Gasteiger partial charge in [0.2, 0.25) is 0 Å². The molecule has 0 saturated carbocycles. The first-order valence-electron chi connectivity index (χ1n) is 8.56. The molecule has 134 valence electrons. The smallest absolute Gasteiger partial charge is 0.405 e. The third-order valence-corrected chi connectivity index (χ3v) is 4.24. The predicted octanol–water partition coefficient (Wildman–Crippen LogP) is 5.10. The molecule has 0 aliphatic rings. The second-order valence-corrected chi connectivity index (χ2v) is 7.33. The zero-order chi connectivity index (χ0) is 18.7. The second kappa shape index (κ2) is 7.04. The SMILES string of the molecule is CC(C)(C)C(NC(=O)O)c1nc(-c2ccccc2)c(-c2ccccc2)[nH]1. The van der Waals surface area contributed by atoms with Crippen LogP contribution in [-0.4, -0.2) is 21.2 Å². The number of hydrogen-bond donors (Lipinski definition) is 3. The van der Waals surface area contributed by atoms with Crippen molar-refractivity contribution >= 4 is 6.09 Å². The number of hydrogen-bond acceptors (Lipinski definition) is 2. The molecular formula is C21H23N3O2. The summed E-state index contributed by atoms with van der Waals surface area (Å²) in [6.45, 7) is 5.96. The maximum atomic E-state index is 11.3. The third-order valence-electron chi connectivity index (χ3n) is 4.24. The van der Waals surface area contributed by atoms with Crippen molar-refractivity contribution in [3.05, 3.63) is 66.5 Å². The lowest BCUT2D eigenvalue weighted by molar-refractivity contribution is 0.173. The normalized spacial score (nSPS) is 12.6. The van der Waals surface area contributed by atoms with Crippen molar-refractivity contribution in [2.75, 3.05) is 0 Å². The molecule has 3 N–H and O–H groups in total. The number of benzene rings is 2. The molecule has 1 amide bonds. The fraction of sp³-hybridized carbons (Fsp3) is 0.238. The maximum Gasteiger partial charge on any atom is 0.405 e. The summed E-state index contributed by atoms with van der Waals surface area (Å²) < 4.78 is 0. The zero-order valence-electron chi connectivity index (χ0n) is 15.2. The van der Waals surface area contributed by atoms with Crippen molar-refractivity contribution in [3.8, 4) is 22.5 Å². The van der Waals surface area contributed by atoms with Gasteiger partial charge in [0.25, 0.3) is 0 Å². The van der Waals surface area contributed by atoms with Crippen LogP contribution in [0.2, 0.25) is 0 Å². The summed E-state index contributed by atoms with van der Waals surface area (Å²) in [4.78, 5) is 19.5.